The molecule has 32 heavy (non-hydrogen) atoms. The van der Waals surface area contributed by atoms with E-state index in [1.165, 1.54) is 11.8 Å². The van der Waals surface area contributed by atoms with E-state index in [0.29, 0.717) is 34.6 Å². The standard InChI is InChI=1S/C22H19ClN2O5S2/c23-15-3-1-14(2-4-15)11-19-21(27)25(22(28)32-19)8-7-24-20(26)13-31-16-5-6-17-18(12-16)30-10-9-29-17/h1-6,11-12H,7-10,13H2,(H,24,26)/b19-11-. The summed E-state index contributed by atoms with van der Waals surface area (Å²) in [5, 5.41) is 2.99. The first-order chi connectivity index (χ1) is 15.5. The number of fused-ring (bicyclic) bond motifs is 1. The van der Waals surface area contributed by atoms with Gasteiger partial charge in [0.2, 0.25) is 5.91 Å². The van der Waals surface area contributed by atoms with Crippen LogP contribution in [0.5, 0.6) is 11.5 Å². The SMILES string of the molecule is O=C(CSc1ccc2c(c1)OCCO2)NCCN1C(=O)S/C(=C\c2ccc(Cl)cc2)C1=O. The molecule has 2 aliphatic heterocycles. The monoisotopic (exact) mass is 490 g/mol. The van der Waals surface area contributed by atoms with E-state index in [-0.39, 0.29) is 35.9 Å². The Hall–Kier alpha value is -2.62. The molecule has 0 aliphatic carbocycles. The molecular weight excluding hydrogens is 472 g/mol. The molecule has 0 radical (unpaired) electrons. The Kier molecular flexibility index (Phi) is 7.29. The van der Waals surface area contributed by atoms with Crippen LogP contribution in [0.25, 0.3) is 6.08 Å². The topological polar surface area (TPSA) is 84.9 Å². The van der Waals surface area contributed by atoms with Crippen molar-refractivity contribution in [3.63, 3.8) is 0 Å². The molecule has 166 valence electrons. The molecule has 0 unspecified atom stereocenters. The Balaban J connectivity index is 1.24. The van der Waals surface area contributed by atoms with E-state index in [1.807, 2.05) is 18.2 Å². The molecule has 10 heteroatoms. The number of rotatable bonds is 7. The lowest BCUT2D eigenvalue weighted by Gasteiger charge is -2.18. The molecule has 0 aromatic heterocycles. The summed E-state index contributed by atoms with van der Waals surface area (Å²) in [6, 6.07) is 12.5. The zero-order valence-electron chi connectivity index (χ0n) is 16.8. The van der Waals surface area contributed by atoms with E-state index in [4.69, 9.17) is 21.1 Å². The first-order valence-electron chi connectivity index (χ1n) is 9.80. The Morgan fingerprint density at radius 1 is 1.12 bits per heavy atom. The first-order valence-corrected chi connectivity index (χ1v) is 12.0. The summed E-state index contributed by atoms with van der Waals surface area (Å²) in [6.45, 7) is 1.33. The number of benzene rings is 2. The number of amides is 3. The van der Waals surface area contributed by atoms with Crippen molar-refractivity contribution in [1.29, 1.82) is 0 Å². The van der Waals surface area contributed by atoms with Gasteiger partial charge in [0, 0.05) is 23.0 Å². The Labute approximate surface area is 198 Å². The van der Waals surface area contributed by atoms with Gasteiger partial charge in [0.05, 0.1) is 10.7 Å². The summed E-state index contributed by atoms with van der Waals surface area (Å²) in [5.74, 6) is 1.03. The maximum Gasteiger partial charge on any atom is 0.293 e. The van der Waals surface area contributed by atoms with Crippen molar-refractivity contribution in [3.8, 4) is 11.5 Å². The maximum atomic E-state index is 12.5. The van der Waals surface area contributed by atoms with Gasteiger partial charge in [-0.25, -0.2) is 0 Å². The average molecular weight is 491 g/mol. The number of nitrogens with one attached hydrogen (secondary N) is 1. The summed E-state index contributed by atoms with van der Waals surface area (Å²) >= 11 is 8.12. The fourth-order valence-electron chi connectivity index (χ4n) is 3.02. The largest absolute Gasteiger partial charge is 0.486 e. The summed E-state index contributed by atoms with van der Waals surface area (Å²) in [6.07, 6.45) is 1.66. The van der Waals surface area contributed by atoms with Crippen LogP contribution in [0, 0.1) is 0 Å². The number of carbonyl (C=O) groups excluding carboxylic acids is 3. The van der Waals surface area contributed by atoms with Gasteiger partial charge in [-0.1, -0.05) is 23.7 Å². The average Bonchev–Trinajstić information content (AvgIpc) is 3.06. The van der Waals surface area contributed by atoms with Crippen molar-refractivity contribution in [3.05, 3.63) is 58.0 Å². The third-order valence-electron chi connectivity index (χ3n) is 4.58. The molecule has 0 saturated carbocycles. The normalized spacial score (nSPS) is 16.5. The van der Waals surface area contributed by atoms with Crippen LogP contribution in [0.4, 0.5) is 4.79 Å². The fraction of sp³-hybridized carbons (Fsp3) is 0.227. The highest BCUT2D eigenvalue weighted by molar-refractivity contribution is 8.18. The van der Waals surface area contributed by atoms with Gasteiger partial charge >= 0.3 is 0 Å². The van der Waals surface area contributed by atoms with E-state index >= 15 is 0 Å². The third kappa shape index (κ3) is 5.59. The molecule has 2 aliphatic rings. The van der Waals surface area contributed by atoms with Crippen molar-refractivity contribution in [2.24, 2.45) is 0 Å². The van der Waals surface area contributed by atoms with Crippen molar-refractivity contribution < 1.29 is 23.9 Å². The number of halogens is 1. The molecule has 2 aromatic carbocycles. The smallest absolute Gasteiger partial charge is 0.293 e. The van der Waals surface area contributed by atoms with Gasteiger partial charge in [-0.3, -0.25) is 19.3 Å². The van der Waals surface area contributed by atoms with E-state index < -0.39 is 0 Å². The predicted octanol–water partition coefficient (Wildman–Crippen LogP) is 4.06. The lowest BCUT2D eigenvalue weighted by atomic mass is 10.2. The lowest BCUT2D eigenvalue weighted by Crippen LogP contribution is -2.37. The number of imide groups is 1. The summed E-state index contributed by atoms with van der Waals surface area (Å²) in [7, 11) is 0. The summed E-state index contributed by atoms with van der Waals surface area (Å²) in [4.78, 5) is 39.3. The van der Waals surface area contributed by atoms with Gasteiger partial charge in [-0.05, 0) is 53.7 Å². The fourth-order valence-corrected chi connectivity index (χ4v) is 4.77. The Bertz CT molecular complexity index is 1070. The molecular formula is C22H19ClN2O5S2. The highest BCUT2D eigenvalue weighted by atomic mass is 35.5. The zero-order chi connectivity index (χ0) is 22.5. The van der Waals surface area contributed by atoms with Crippen LogP contribution in [0.2, 0.25) is 5.02 Å². The lowest BCUT2D eigenvalue weighted by molar-refractivity contribution is -0.123. The number of hydrogen-bond donors (Lipinski definition) is 1. The molecule has 0 bridgehead atoms. The van der Waals surface area contributed by atoms with E-state index in [2.05, 4.69) is 5.32 Å². The number of thioether (sulfide) groups is 2. The van der Waals surface area contributed by atoms with Gasteiger partial charge in [0.15, 0.2) is 11.5 Å². The summed E-state index contributed by atoms with van der Waals surface area (Å²) in [5.41, 5.74) is 0.782. The second-order valence-electron chi connectivity index (χ2n) is 6.83. The molecule has 3 amide bonds. The minimum Gasteiger partial charge on any atom is -0.486 e. The first kappa shape index (κ1) is 22.6. The van der Waals surface area contributed by atoms with Gasteiger partial charge in [-0.2, -0.15) is 0 Å². The second kappa shape index (κ2) is 10.3. The number of hydrogen-bond acceptors (Lipinski definition) is 7. The molecule has 1 saturated heterocycles. The van der Waals surface area contributed by atoms with Crippen molar-refractivity contribution in [1.82, 2.24) is 10.2 Å². The molecule has 0 spiro atoms. The highest BCUT2D eigenvalue weighted by Crippen LogP contribution is 2.34. The molecule has 1 N–H and O–H groups in total. The number of carbonyl (C=O) groups is 3. The maximum absolute atomic E-state index is 12.5. The van der Waals surface area contributed by atoms with Crippen LogP contribution < -0.4 is 14.8 Å². The predicted molar refractivity (Wildman–Crippen MR) is 125 cm³/mol. The van der Waals surface area contributed by atoms with Gasteiger partial charge in [0.1, 0.15) is 13.2 Å². The van der Waals surface area contributed by atoms with Crippen molar-refractivity contribution in [2.75, 3.05) is 32.1 Å². The van der Waals surface area contributed by atoms with E-state index in [1.54, 1.807) is 30.3 Å². The van der Waals surface area contributed by atoms with Gasteiger partial charge in [0.25, 0.3) is 11.1 Å². The quantitative estimate of drug-likeness (QED) is 0.462. The minimum absolute atomic E-state index is 0.114. The number of ether oxygens (including phenoxy) is 2. The Morgan fingerprint density at radius 3 is 2.66 bits per heavy atom. The van der Waals surface area contributed by atoms with Crippen LogP contribution >= 0.6 is 35.1 Å². The van der Waals surface area contributed by atoms with Crippen molar-refractivity contribution in [2.45, 2.75) is 4.90 Å². The van der Waals surface area contributed by atoms with E-state index in [9.17, 15) is 14.4 Å². The van der Waals surface area contributed by atoms with Crippen LogP contribution in [0.15, 0.2) is 52.3 Å². The van der Waals surface area contributed by atoms with Gasteiger partial charge in [-0.15, -0.1) is 11.8 Å². The molecule has 0 atom stereocenters. The van der Waals surface area contributed by atoms with Crippen LogP contribution in [0.1, 0.15) is 5.56 Å². The van der Waals surface area contributed by atoms with Gasteiger partial charge < -0.3 is 14.8 Å². The summed E-state index contributed by atoms with van der Waals surface area (Å²) < 4.78 is 11.0. The molecule has 4 rings (SSSR count). The Morgan fingerprint density at radius 2 is 1.88 bits per heavy atom. The molecule has 1 fully saturated rings. The molecule has 2 aromatic rings. The second-order valence-corrected chi connectivity index (χ2v) is 9.31. The number of nitrogens with zero attached hydrogens (tertiary/aromatic N) is 1. The minimum atomic E-state index is -0.366. The zero-order valence-corrected chi connectivity index (χ0v) is 19.2. The third-order valence-corrected chi connectivity index (χ3v) is 6.74. The highest BCUT2D eigenvalue weighted by Gasteiger charge is 2.34. The molecule has 2 heterocycles. The van der Waals surface area contributed by atoms with Crippen LogP contribution in [-0.2, 0) is 9.59 Å². The van der Waals surface area contributed by atoms with Crippen LogP contribution in [-0.4, -0.2) is 54.0 Å². The van der Waals surface area contributed by atoms with Crippen molar-refractivity contribution >= 4 is 58.3 Å². The van der Waals surface area contributed by atoms with E-state index in [0.717, 1.165) is 27.1 Å². The molecule has 7 nitrogen and oxygen atoms in total. The van der Waals surface area contributed by atoms with Crippen LogP contribution in [0.3, 0.4) is 0 Å².